The van der Waals surface area contributed by atoms with Gasteiger partial charge in [-0.05, 0) is 30.7 Å². The maximum atomic E-state index is 12.3. The minimum Gasteiger partial charge on any atom is -0.338 e. The van der Waals surface area contributed by atoms with E-state index in [1.807, 2.05) is 0 Å². The summed E-state index contributed by atoms with van der Waals surface area (Å²) in [7, 11) is 0. The van der Waals surface area contributed by atoms with Crippen LogP contribution in [0, 0.1) is 10.1 Å². The van der Waals surface area contributed by atoms with Crippen molar-refractivity contribution in [3.05, 3.63) is 68.2 Å². The van der Waals surface area contributed by atoms with E-state index in [2.05, 4.69) is 26.6 Å². The average molecular weight is 447 g/mol. The third-order valence-electron chi connectivity index (χ3n) is 4.09. The molecule has 0 unspecified atom stereocenters. The van der Waals surface area contributed by atoms with E-state index in [1.54, 1.807) is 18.2 Å². The number of benzene rings is 2. The van der Waals surface area contributed by atoms with Crippen LogP contribution < -0.4 is 10.6 Å². The summed E-state index contributed by atoms with van der Waals surface area (Å²) in [4.78, 5) is 47.9. The molecule has 0 spiro atoms. The highest BCUT2D eigenvalue weighted by Crippen LogP contribution is 2.26. The predicted molar refractivity (Wildman–Crippen MR) is 104 cm³/mol. The van der Waals surface area contributed by atoms with E-state index in [4.69, 9.17) is 0 Å². The van der Waals surface area contributed by atoms with Gasteiger partial charge in [0, 0.05) is 35.4 Å². The summed E-state index contributed by atoms with van der Waals surface area (Å²) in [5.74, 6) is -0.712. The van der Waals surface area contributed by atoms with Gasteiger partial charge in [0.2, 0.25) is 0 Å². The normalized spacial score (nSPS) is 12.7. The number of hydrogen-bond donors (Lipinski definition) is 2. The van der Waals surface area contributed by atoms with Crippen LogP contribution in [-0.4, -0.2) is 40.8 Å². The van der Waals surface area contributed by atoms with Crippen molar-refractivity contribution >= 4 is 45.2 Å². The Hall–Kier alpha value is -3.27. The van der Waals surface area contributed by atoms with Crippen LogP contribution in [0.2, 0.25) is 0 Å². The SMILES string of the molecule is O=C(NCCCN1C(=O)c2ccc(Br)cc2C1=O)Nc1cccc([N+](=O)[O-])c1. The molecule has 4 amide bonds. The van der Waals surface area contributed by atoms with Gasteiger partial charge in [0.15, 0.2) is 0 Å². The summed E-state index contributed by atoms with van der Waals surface area (Å²) in [6.07, 6.45) is 0.370. The number of carbonyl (C=O) groups is 3. The van der Waals surface area contributed by atoms with E-state index < -0.39 is 11.0 Å². The fraction of sp³-hybridized carbons (Fsp3) is 0.167. The number of non-ortho nitro benzene ring substituents is 1. The number of amides is 4. The zero-order valence-electron chi connectivity index (χ0n) is 14.5. The lowest BCUT2D eigenvalue weighted by Crippen LogP contribution is -2.35. The fourth-order valence-corrected chi connectivity index (χ4v) is 3.14. The zero-order valence-corrected chi connectivity index (χ0v) is 16.1. The summed E-state index contributed by atoms with van der Waals surface area (Å²) in [6, 6.07) is 9.95. The van der Waals surface area contributed by atoms with Crippen LogP contribution in [0.5, 0.6) is 0 Å². The van der Waals surface area contributed by atoms with E-state index in [-0.39, 0.29) is 36.3 Å². The van der Waals surface area contributed by atoms with E-state index in [0.717, 1.165) is 4.90 Å². The van der Waals surface area contributed by atoms with E-state index in [0.29, 0.717) is 22.0 Å². The molecule has 0 radical (unpaired) electrons. The Bertz CT molecular complexity index is 978. The largest absolute Gasteiger partial charge is 0.338 e. The van der Waals surface area contributed by atoms with Crippen LogP contribution >= 0.6 is 15.9 Å². The number of imide groups is 1. The van der Waals surface area contributed by atoms with Crippen LogP contribution in [0.1, 0.15) is 27.1 Å². The molecule has 2 aromatic carbocycles. The maximum Gasteiger partial charge on any atom is 0.319 e. The van der Waals surface area contributed by atoms with Crippen LogP contribution in [-0.2, 0) is 0 Å². The minimum absolute atomic E-state index is 0.130. The first-order chi connectivity index (χ1) is 13.4. The van der Waals surface area contributed by atoms with Gasteiger partial charge in [0.05, 0.1) is 16.1 Å². The molecule has 28 heavy (non-hydrogen) atoms. The smallest absolute Gasteiger partial charge is 0.319 e. The van der Waals surface area contributed by atoms with Gasteiger partial charge in [-0.2, -0.15) is 0 Å². The van der Waals surface area contributed by atoms with Gasteiger partial charge in [-0.3, -0.25) is 24.6 Å². The monoisotopic (exact) mass is 446 g/mol. The molecular formula is C18H15BrN4O5. The molecule has 0 aromatic heterocycles. The number of rotatable bonds is 6. The number of nitro benzene ring substituents is 1. The number of nitrogens with one attached hydrogen (secondary N) is 2. The number of urea groups is 1. The average Bonchev–Trinajstić information content (AvgIpc) is 2.89. The summed E-state index contributed by atoms with van der Waals surface area (Å²) in [5, 5.41) is 15.8. The van der Waals surface area contributed by atoms with Gasteiger partial charge in [-0.25, -0.2) is 4.79 Å². The Kier molecular flexibility index (Phi) is 5.69. The summed E-state index contributed by atoms with van der Waals surface area (Å²) < 4.78 is 0.716. The second-order valence-electron chi connectivity index (χ2n) is 5.99. The molecule has 144 valence electrons. The number of carbonyl (C=O) groups excluding carboxylic acids is 3. The van der Waals surface area contributed by atoms with Crippen molar-refractivity contribution in [2.45, 2.75) is 6.42 Å². The second-order valence-corrected chi connectivity index (χ2v) is 6.91. The Balaban J connectivity index is 1.48. The van der Waals surface area contributed by atoms with Crippen molar-refractivity contribution in [3.63, 3.8) is 0 Å². The maximum absolute atomic E-state index is 12.3. The minimum atomic E-state index is -0.552. The molecule has 1 aliphatic heterocycles. The summed E-state index contributed by atoms with van der Waals surface area (Å²) in [5.41, 5.74) is 0.882. The van der Waals surface area contributed by atoms with Crippen molar-refractivity contribution < 1.29 is 19.3 Å². The molecular weight excluding hydrogens is 432 g/mol. The van der Waals surface area contributed by atoms with Crippen LogP contribution in [0.3, 0.4) is 0 Å². The standard InChI is InChI=1S/C18H15BrN4O5/c19-11-5-6-14-15(9-11)17(25)22(16(14)24)8-2-7-20-18(26)21-12-3-1-4-13(10-12)23(27)28/h1,3-6,9-10H,2,7-8H2,(H2,20,21,26). The van der Waals surface area contributed by atoms with Crippen LogP contribution in [0.25, 0.3) is 0 Å². The third-order valence-corrected chi connectivity index (χ3v) is 4.58. The van der Waals surface area contributed by atoms with Crippen molar-refractivity contribution in [3.8, 4) is 0 Å². The van der Waals surface area contributed by atoms with Crippen molar-refractivity contribution in [1.29, 1.82) is 0 Å². The predicted octanol–water partition coefficient (Wildman–Crippen LogP) is 3.17. The molecule has 2 N–H and O–H groups in total. The van der Waals surface area contributed by atoms with Crippen molar-refractivity contribution in [1.82, 2.24) is 10.2 Å². The highest BCUT2D eigenvalue weighted by atomic mass is 79.9. The molecule has 1 aliphatic rings. The Morgan fingerprint density at radius 1 is 1.11 bits per heavy atom. The highest BCUT2D eigenvalue weighted by Gasteiger charge is 2.34. The van der Waals surface area contributed by atoms with Crippen LogP contribution in [0.4, 0.5) is 16.2 Å². The number of hydrogen-bond acceptors (Lipinski definition) is 5. The number of nitrogens with zero attached hydrogens (tertiary/aromatic N) is 2. The number of nitro groups is 1. The third kappa shape index (κ3) is 4.17. The Labute approximate surface area is 168 Å². The number of anilines is 1. The summed E-state index contributed by atoms with van der Waals surface area (Å²) in [6.45, 7) is 0.388. The number of fused-ring (bicyclic) bond motifs is 1. The first-order valence-corrected chi connectivity index (χ1v) is 9.11. The van der Waals surface area contributed by atoms with Gasteiger partial charge in [0.1, 0.15) is 0 Å². The molecule has 10 heteroatoms. The second kappa shape index (κ2) is 8.17. The molecule has 0 atom stereocenters. The van der Waals surface area contributed by atoms with Gasteiger partial charge in [0.25, 0.3) is 17.5 Å². The topological polar surface area (TPSA) is 122 Å². The Morgan fingerprint density at radius 2 is 1.86 bits per heavy atom. The zero-order chi connectivity index (χ0) is 20.3. The molecule has 3 rings (SSSR count). The Morgan fingerprint density at radius 3 is 2.61 bits per heavy atom. The number of halogens is 1. The molecule has 2 aromatic rings. The van der Waals surface area contributed by atoms with E-state index in [9.17, 15) is 24.5 Å². The van der Waals surface area contributed by atoms with Crippen LogP contribution in [0.15, 0.2) is 46.9 Å². The molecule has 1 heterocycles. The van der Waals surface area contributed by atoms with Gasteiger partial charge >= 0.3 is 6.03 Å². The lowest BCUT2D eigenvalue weighted by atomic mass is 10.1. The van der Waals surface area contributed by atoms with Crippen molar-refractivity contribution in [2.75, 3.05) is 18.4 Å². The molecule has 0 saturated heterocycles. The summed E-state index contributed by atoms with van der Waals surface area (Å²) >= 11 is 3.28. The van der Waals surface area contributed by atoms with Gasteiger partial charge in [-0.15, -0.1) is 0 Å². The first kappa shape index (κ1) is 19.5. The lowest BCUT2D eigenvalue weighted by molar-refractivity contribution is -0.384. The van der Waals surface area contributed by atoms with E-state index in [1.165, 1.54) is 24.3 Å². The molecule has 0 aliphatic carbocycles. The molecule has 0 saturated carbocycles. The quantitative estimate of drug-likeness (QED) is 0.305. The fourth-order valence-electron chi connectivity index (χ4n) is 2.78. The lowest BCUT2D eigenvalue weighted by Gasteiger charge is -2.14. The van der Waals surface area contributed by atoms with E-state index >= 15 is 0 Å². The highest BCUT2D eigenvalue weighted by molar-refractivity contribution is 9.10. The van der Waals surface area contributed by atoms with Gasteiger partial charge in [-0.1, -0.05) is 22.0 Å². The molecule has 9 nitrogen and oxygen atoms in total. The molecule has 0 fully saturated rings. The van der Waals surface area contributed by atoms with Gasteiger partial charge < -0.3 is 10.6 Å². The van der Waals surface area contributed by atoms with Crippen molar-refractivity contribution in [2.24, 2.45) is 0 Å². The first-order valence-electron chi connectivity index (χ1n) is 8.32. The molecule has 0 bridgehead atoms.